The number of nitrogens with zero attached hydrogens (tertiary/aromatic N) is 1. The highest BCUT2D eigenvalue weighted by Crippen LogP contribution is 2.07. The maximum atomic E-state index is 10.4. The monoisotopic (exact) mass is 214 g/mol. The Bertz CT molecular complexity index is 235. The van der Waals surface area contributed by atoms with Crippen LogP contribution in [-0.2, 0) is 9.53 Å². The predicted molar refractivity (Wildman–Crippen MR) is 57.2 cm³/mol. The molecule has 0 aromatic rings. The van der Waals surface area contributed by atoms with E-state index in [9.17, 15) is 4.79 Å². The van der Waals surface area contributed by atoms with Crippen molar-refractivity contribution in [3.8, 4) is 0 Å². The van der Waals surface area contributed by atoms with Crippen LogP contribution in [0.15, 0.2) is 4.99 Å². The summed E-state index contributed by atoms with van der Waals surface area (Å²) in [6.45, 7) is 1.91. The minimum Gasteiger partial charge on any atom is -0.484 e. The summed E-state index contributed by atoms with van der Waals surface area (Å²) in [6, 6.07) is 0.238. The highest BCUT2D eigenvalue weighted by atomic mass is 16.5. The second-order valence-corrected chi connectivity index (χ2v) is 3.62. The number of methoxy groups -OCH3 is 1. The van der Waals surface area contributed by atoms with Gasteiger partial charge in [0.2, 0.25) is 0 Å². The van der Waals surface area contributed by atoms with Crippen molar-refractivity contribution in [1.82, 2.24) is 5.32 Å². The Morgan fingerprint density at radius 1 is 1.60 bits per heavy atom. The summed E-state index contributed by atoms with van der Waals surface area (Å²) in [5, 5.41) is 11.8. The summed E-state index contributed by atoms with van der Waals surface area (Å²) in [5.74, 6) is -0.271. The van der Waals surface area contributed by atoms with Gasteiger partial charge in [-0.2, -0.15) is 0 Å². The van der Waals surface area contributed by atoms with Gasteiger partial charge in [0, 0.05) is 13.0 Å². The number of ether oxygens (including phenoxy) is 1. The molecule has 1 unspecified atom stereocenters. The normalized spacial score (nSPS) is 22.5. The number of carboxylic acids is 1. The smallest absolute Gasteiger partial charge is 0.303 e. The van der Waals surface area contributed by atoms with Crippen LogP contribution in [0, 0.1) is 0 Å². The quantitative estimate of drug-likeness (QED) is 0.532. The van der Waals surface area contributed by atoms with E-state index in [1.54, 1.807) is 0 Å². The molecule has 5 nitrogen and oxygen atoms in total. The first-order chi connectivity index (χ1) is 7.22. The first-order valence-electron chi connectivity index (χ1n) is 5.25. The van der Waals surface area contributed by atoms with E-state index < -0.39 is 5.97 Å². The van der Waals surface area contributed by atoms with Gasteiger partial charge in [0.1, 0.15) is 0 Å². The molecule has 1 rings (SSSR count). The number of carboxylic acid groups (broad SMARTS) is 1. The molecule has 0 amide bonds. The molecule has 1 aliphatic heterocycles. The molecule has 1 heterocycles. The van der Waals surface area contributed by atoms with E-state index in [2.05, 4.69) is 10.3 Å². The number of hydrogen-bond donors (Lipinski definition) is 2. The van der Waals surface area contributed by atoms with Gasteiger partial charge < -0.3 is 15.2 Å². The van der Waals surface area contributed by atoms with Crippen molar-refractivity contribution in [3.05, 3.63) is 0 Å². The van der Waals surface area contributed by atoms with Gasteiger partial charge in [-0.15, -0.1) is 0 Å². The van der Waals surface area contributed by atoms with Gasteiger partial charge in [-0.05, 0) is 19.4 Å². The summed E-state index contributed by atoms with van der Waals surface area (Å²) in [6.07, 6.45) is 2.62. The topological polar surface area (TPSA) is 70.9 Å². The lowest BCUT2D eigenvalue weighted by Crippen LogP contribution is -2.33. The van der Waals surface area contributed by atoms with E-state index in [4.69, 9.17) is 9.84 Å². The molecular formula is C10H18N2O3. The minimum atomic E-state index is -0.818. The lowest BCUT2D eigenvalue weighted by atomic mass is 10.1. The zero-order valence-corrected chi connectivity index (χ0v) is 9.03. The van der Waals surface area contributed by atoms with Crippen molar-refractivity contribution >= 4 is 11.9 Å². The SMILES string of the molecule is COC(CCC(=O)O)=NC1CCCNC1. The van der Waals surface area contributed by atoms with Crippen LogP contribution in [0.4, 0.5) is 0 Å². The largest absolute Gasteiger partial charge is 0.484 e. The third kappa shape index (κ3) is 4.78. The van der Waals surface area contributed by atoms with Crippen LogP contribution in [0.5, 0.6) is 0 Å². The van der Waals surface area contributed by atoms with E-state index in [0.717, 1.165) is 25.9 Å². The molecule has 0 bridgehead atoms. The van der Waals surface area contributed by atoms with Gasteiger partial charge in [-0.1, -0.05) is 0 Å². The second-order valence-electron chi connectivity index (χ2n) is 3.62. The van der Waals surface area contributed by atoms with Crippen LogP contribution >= 0.6 is 0 Å². The molecule has 0 aliphatic carbocycles. The van der Waals surface area contributed by atoms with Crippen LogP contribution in [0.25, 0.3) is 0 Å². The van der Waals surface area contributed by atoms with Gasteiger partial charge in [-0.3, -0.25) is 9.79 Å². The van der Waals surface area contributed by atoms with Gasteiger partial charge in [0.25, 0.3) is 0 Å². The average molecular weight is 214 g/mol. The standard InChI is InChI=1S/C10H18N2O3/c1-15-9(4-5-10(13)14)12-8-3-2-6-11-7-8/h8,11H,2-7H2,1H3,(H,13,14). The van der Waals surface area contributed by atoms with Crippen molar-refractivity contribution in [3.63, 3.8) is 0 Å². The third-order valence-electron chi connectivity index (χ3n) is 2.39. The van der Waals surface area contributed by atoms with Crippen molar-refractivity contribution in [2.24, 2.45) is 4.99 Å². The Balaban J connectivity index is 2.40. The maximum Gasteiger partial charge on any atom is 0.303 e. The van der Waals surface area contributed by atoms with Gasteiger partial charge >= 0.3 is 5.97 Å². The number of nitrogens with one attached hydrogen (secondary N) is 1. The minimum absolute atomic E-state index is 0.0762. The van der Waals surface area contributed by atoms with E-state index in [0.29, 0.717) is 12.3 Å². The lowest BCUT2D eigenvalue weighted by molar-refractivity contribution is -0.136. The van der Waals surface area contributed by atoms with Gasteiger partial charge in [0.05, 0.1) is 19.6 Å². The van der Waals surface area contributed by atoms with E-state index in [-0.39, 0.29) is 12.5 Å². The van der Waals surface area contributed by atoms with E-state index in [1.807, 2.05) is 0 Å². The first-order valence-corrected chi connectivity index (χ1v) is 5.25. The highest BCUT2D eigenvalue weighted by molar-refractivity contribution is 5.80. The third-order valence-corrected chi connectivity index (χ3v) is 2.39. The predicted octanol–water partition coefficient (Wildman–Crippen LogP) is 0.648. The Morgan fingerprint density at radius 3 is 2.93 bits per heavy atom. The summed E-state index contributed by atoms with van der Waals surface area (Å²) in [7, 11) is 1.54. The Labute approximate surface area is 89.5 Å². The zero-order chi connectivity index (χ0) is 11.1. The van der Waals surface area contributed by atoms with Crippen LogP contribution < -0.4 is 5.32 Å². The summed E-state index contributed by atoms with van der Waals surface area (Å²) >= 11 is 0. The molecule has 0 saturated carbocycles. The fraction of sp³-hybridized carbons (Fsp3) is 0.800. The number of aliphatic carboxylic acids is 1. The van der Waals surface area contributed by atoms with Crippen molar-refractivity contribution in [2.45, 2.75) is 31.7 Å². The van der Waals surface area contributed by atoms with Crippen molar-refractivity contribution < 1.29 is 14.6 Å². The molecule has 0 aromatic heterocycles. The fourth-order valence-corrected chi connectivity index (χ4v) is 1.58. The molecule has 1 aliphatic rings. The van der Waals surface area contributed by atoms with Crippen molar-refractivity contribution in [1.29, 1.82) is 0 Å². The molecule has 5 heteroatoms. The molecule has 1 fully saturated rings. The molecule has 0 spiro atoms. The lowest BCUT2D eigenvalue weighted by Gasteiger charge is -2.19. The molecule has 1 atom stereocenters. The fourth-order valence-electron chi connectivity index (χ4n) is 1.58. The molecule has 1 saturated heterocycles. The molecule has 86 valence electrons. The summed E-state index contributed by atoms with van der Waals surface area (Å²) < 4.78 is 5.06. The van der Waals surface area contributed by atoms with Gasteiger partial charge in [-0.25, -0.2) is 0 Å². The molecule has 2 N–H and O–H groups in total. The van der Waals surface area contributed by atoms with Crippen LogP contribution in [0.3, 0.4) is 0 Å². The van der Waals surface area contributed by atoms with Crippen LogP contribution in [0.1, 0.15) is 25.7 Å². The molecule has 0 radical (unpaired) electrons. The Hall–Kier alpha value is -1.10. The molecule has 15 heavy (non-hydrogen) atoms. The van der Waals surface area contributed by atoms with Crippen LogP contribution in [-0.4, -0.2) is 43.2 Å². The number of aliphatic imine (C=N–C) groups is 1. The number of piperidine rings is 1. The number of rotatable bonds is 4. The first kappa shape index (κ1) is 12.0. The van der Waals surface area contributed by atoms with Crippen LogP contribution in [0.2, 0.25) is 0 Å². The van der Waals surface area contributed by atoms with Crippen molar-refractivity contribution in [2.75, 3.05) is 20.2 Å². The van der Waals surface area contributed by atoms with Gasteiger partial charge in [0.15, 0.2) is 5.90 Å². The molecular weight excluding hydrogens is 196 g/mol. The Morgan fingerprint density at radius 2 is 2.40 bits per heavy atom. The summed E-state index contributed by atoms with van der Waals surface area (Å²) in [5.41, 5.74) is 0. The highest BCUT2D eigenvalue weighted by Gasteiger charge is 2.13. The summed E-state index contributed by atoms with van der Waals surface area (Å²) in [4.78, 5) is 14.8. The van der Waals surface area contributed by atoms with E-state index >= 15 is 0 Å². The number of carbonyl (C=O) groups is 1. The zero-order valence-electron chi connectivity index (χ0n) is 9.03. The Kier molecular flexibility index (Phi) is 5.10. The van der Waals surface area contributed by atoms with E-state index in [1.165, 1.54) is 7.11 Å². The molecule has 0 aromatic carbocycles. The second kappa shape index (κ2) is 6.40. The average Bonchev–Trinajstić information content (AvgIpc) is 2.25. The maximum absolute atomic E-state index is 10.4. The number of hydrogen-bond acceptors (Lipinski definition) is 4.